The van der Waals surface area contributed by atoms with Crippen LogP contribution in [0.5, 0.6) is 11.5 Å². The number of hydrogen-bond acceptors (Lipinski definition) is 10. The zero-order valence-electron chi connectivity index (χ0n) is 18.6. The van der Waals surface area contributed by atoms with Crippen molar-refractivity contribution in [2.75, 3.05) is 18.1 Å². The Morgan fingerprint density at radius 3 is 2.26 bits per heavy atom. The zero-order chi connectivity index (χ0) is 24.1. The molecule has 0 bridgehead atoms. The van der Waals surface area contributed by atoms with Gasteiger partial charge in [-0.1, -0.05) is 29.4 Å². The first kappa shape index (κ1) is 23.6. The predicted molar refractivity (Wildman–Crippen MR) is 131 cm³/mol. The van der Waals surface area contributed by atoms with Crippen molar-refractivity contribution in [2.45, 2.75) is 31.4 Å². The largest absolute Gasteiger partial charge is 0.494 e. The van der Waals surface area contributed by atoms with Gasteiger partial charge in [0.15, 0.2) is 11.0 Å². The SMILES string of the molecule is CCOc1ccc(OCc2nnc(SCc3nc(N)nc(N)n3)n2-c2ccc(C)c(Cl)c2)cc1. The molecule has 0 saturated heterocycles. The van der Waals surface area contributed by atoms with Gasteiger partial charge in [-0.05, 0) is 55.8 Å². The van der Waals surface area contributed by atoms with Gasteiger partial charge in [0.1, 0.15) is 23.9 Å². The minimum atomic E-state index is 0.0688. The summed E-state index contributed by atoms with van der Waals surface area (Å²) in [6, 6.07) is 13.2. The summed E-state index contributed by atoms with van der Waals surface area (Å²) in [6.07, 6.45) is 0. The average molecular weight is 499 g/mol. The molecule has 4 N–H and O–H groups in total. The normalized spacial score (nSPS) is 10.9. The first-order valence-electron chi connectivity index (χ1n) is 10.4. The van der Waals surface area contributed by atoms with Crippen molar-refractivity contribution in [2.24, 2.45) is 0 Å². The monoisotopic (exact) mass is 498 g/mol. The van der Waals surface area contributed by atoms with Gasteiger partial charge in [0.25, 0.3) is 0 Å². The van der Waals surface area contributed by atoms with E-state index in [-0.39, 0.29) is 18.5 Å². The van der Waals surface area contributed by atoms with Crippen LogP contribution in [-0.4, -0.2) is 36.3 Å². The number of aryl methyl sites for hydroxylation is 1. The third-order valence-corrected chi connectivity index (χ3v) is 6.00. The number of ether oxygens (including phenoxy) is 2. The number of aromatic nitrogens is 6. The lowest BCUT2D eigenvalue weighted by Gasteiger charge is -2.12. The summed E-state index contributed by atoms with van der Waals surface area (Å²) in [5.74, 6) is 3.02. The van der Waals surface area contributed by atoms with Gasteiger partial charge in [0.2, 0.25) is 11.9 Å². The highest BCUT2D eigenvalue weighted by atomic mass is 35.5. The van der Waals surface area contributed by atoms with Gasteiger partial charge in [-0.3, -0.25) is 4.57 Å². The summed E-state index contributed by atoms with van der Waals surface area (Å²) in [7, 11) is 0. The smallest absolute Gasteiger partial charge is 0.225 e. The molecule has 2 heterocycles. The number of nitrogens with zero attached hydrogens (tertiary/aromatic N) is 6. The fourth-order valence-electron chi connectivity index (χ4n) is 3.06. The van der Waals surface area contributed by atoms with E-state index in [0.717, 1.165) is 17.0 Å². The maximum absolute atomic E-state index is 6.40. The van der Waals surface area contributed by atoms with E-state index < -0.39 is 0 Å². The van der Waals surface area contributed by atoms with Crippen molar-refractivity contribution in [3.63, 3.8) is 0 Å². The molecule has 2 aromatic carbocycles. The van der Waals surface area contributed by atoms with E-state index in [1.165, 1.54) is 11.8 Å². The molecule has 0 spiro atoms. The van der Waals surface area contributed by atoms with E-state index in [4.69, 9.17) is 32.5 Å². The van der Waals surface area contributed by atoms with Crippen molar-refractivity contribution in [1.29, 1.82) is 0 Å². The molecule has 4 rings (SSSR count). The van der Waals surface area contributed by atoms with Crippen LogP contribution in [0.1, 0.15) is 24.1 Å². The molecule has 0 radical (unpaired) electrons. The number of benzene rings is 2. The Balaban J connectivity index is 1.59. The Bertz CT molecular complexity index is 1260. The fraction of sp³-hybridized carbons (Fsp3) is 0.227. The molecule has 0 fully saturated rings. The highest BCUT2D eigenvalue weighted by molar-refractivity contribution is 7.98. The van der Waals surface area contributed by atoms with Gasteiger partial charge in [0, 0.05) is 5.02 Å². The molecule has 0 aliphatic carbocycles. The lowest BCUT2D eigenvalue weighted by molar-refractivity contribution is 0.291. The maximum atomic E-state index is 6.40. The maximum Gasteiger partial charge on any atom is 0.225 e. The minimum Gasteiger partial charge on any atom is -0.494 e. The minimum absolute atomic E-state index is 0.0688. The van der Waals surface area contributed by atoms with E-state index >= 15 is 0 Å². The van der Waals surface area contributed by atoms with Crippen LogP contribution < -0.4 is 20.9 Å². The predicted octanol–water partition coefficient (Wildman–Crippen LogP) is 3.85. The Morgan fingerprint density at radius 2 is 1.62 bits per heavy atom. The van der Waals surface area contributed by atoms with E-state index in [1.54, 1.807) is 0 Å². The summed E-state index contributed by atoms with van der Waals surface area (Å²) >= 11 is 7.78. The summed E-state index contributed by atoms with van der Waals surface area (Å²) < 4.78 is 13.3. The van der Waals surface area contributed by atoms with Gasteiger partial charge >= 0.3 is 0 Å². The van der Waals surface area contributed by atoms with Gasteiger partial charge in [-0.2, -0.15) is 15.0 Å². The van der Waals surface area contributed by atoms with Crippen LogP contribution in [0.25, 0.3) is 5.69 Å². The van der Waals surface area contributed by atoms with Crippen LogP contribution in [-0.2, 0) is 12.4 Å². The Morgan fingerprint density at radius 1 is 0.941 bits per heavy atom. The molecule has 0 atom stereocenters. The van der Waals surface area contributed by atoms with Crippen molar-refractivity contribution in [1.82, 2.24) is 29.7 Å². The fourth-order valence-corrected chi connectivity index (χ4v) is 4.07. The summed E-state index contributed by atoms with van der Waals surface area (Å²) in [5, 5.41) is 9.96. The molecular weight excluding hydrogens is 476 g/mol. The number of nitrogen functional groups attached to an aromatic ring is 2. The second kappa shape index (κ2) is 10.6. The van der Waals surface area contributed by atoms with Crippen LogP contribution in [0.2, 0.25) is 5.02 Å². The molecule has 34 heavy (non-hydrogen) atoms. The van der Waals surface area contributed by atoms with E-state index in [1.807, 2.05) is 60.9 Å². The number of thioether (sulfide) groups is 1. The zero-order valence-corrected chi connectivity index (χ0v) is 20.2. The number of rotatable bonds is 9. The summed E-state index contributed by atoms with van der Waals surface area (Å²) in [6.45, 7) is 4.68. The molecule has 0 saturated carbocycles. The Kier molecular flexibility index (Phi) is 7.33. The lowest BCUT2D eigenvalue weighted by Crippen LogP contribution is -2.08. The number of nitrogens with two attached hydrogens (primary N) is 2. The molecule has 0 aliphatic rings. The van der Waals surface area contributed by atoms with Crippen LogP contribution in [0.4, 0.5) is 11.9 Å². The van der Waals surface area contributed by atoms with Crippen molar-refractivity contribution in [3.8, 4) is 17.2 Å². The molecular formula is C22H23ClN8O2S. The number of hydrogen-bond donors (Lipinski definition) is 2. The van der Waals surface area contributed by atoms with Crippen molar-refractivity contribution >= 4 is 35.3 Å². The van der Waals surface area contributed by atoms with Gasteiger partial charge in [-0.25, -0.2) is 0 Å². The molecule has 0 aliphatic heterocycles. The quantitative estimate of drug-likeness (QED) is 0.327. The average Bonchev–Trinajstić information content (AvgIpc) is 3.21. The number of anilines is 2. The lowest BCUT2D eigenvalue weighted by atomic mass is 10.2. The molecule has 176 valence electrons. The third kappa shape index (κ3) is 5.67. The second-order valence-corrected chi connectivity index (χ2v) is 8.47. The molecule has 0 amide bonds. The molecule has 12 heteroatoms. The van der Waals surface area contributed by atoms with Crippen LogP contribution in [0, 0.1) is 6.92 Å². The van der Waals surface area contributed by atoms with Crippen LogP contribution in [0.15, 0.2) is 47.6 Å². The van der Waals surface area contributed by atoms with E-state index in [9.17, 15) is 0 Å². The van der Waals surface area contributed by atoms with Crippen LogP contribution in [0.3, 0.4) is 0 Å². The Hall–Kier alpha value is -3.57. The first-order valence-corrected chi connectivity index (χ1v) is 11.7. The summed E-state index contributed by atoms with van der Waals surface area (Å²) in [5.41, 5.74) is 13.1. The topological polar surface area (TPSA) is 140 Å². The van der Waals surface area contributed by atoms with E-state index in [2.05, 4.69) is 25.1 Å². The van der Waals surface area contributed by atoms with E-state index in [0.29, 0.717) is 39.9 Å². The van der Waals surface area contributed by atoms with Gasteiger partial charge in [-0.15, -0.1) is 10.2 Å². The molecule has 2 aromatic heterocycles. The van der Waals surface area contributed by atoms with Crippen LogP contribution >= 0.6 is 23.4 Å². The van der Waals surface area contributed by atoms with Crippen molar-refractivity contribution in [3.05, 3.63) is 64.7 Å². The van der Waals surface area contributed by atoms with Gasteiger partial charge in [0.05, 0.1) is 18.0 Å². The molecule has 10 nitrogen and oxygen atoms in total. The highest BCUT2D eigenvalue weighted by Crippen LogP contribution is 2.28. The second-order valence-electron chi connectivity index (χ2n) is 7.12. The highest BCUT2D eigenvalue weighted by Gasteiger charge is 2.17. The summed E-state index contributed by atoms with van der Waals surface area (Å²) in [4.78, 5) is 12.0. The van der Waals surface area contributed by atoms with Crippen molar-refractivity contribution < 1.29 is 9.47 Å². The van der Waals surface area contributed by atoms with Gasteiger partial charge < -0.3 is 20.9 Å². The Labute approximate surface area is 205 Å². The number of halogens is 1. The molecule has 4 aromatic rings. The standard InChI is InChI=1S/C22H23ClN8O2S/c1-3-32-15-6-8-16(9-7-15)33-11-19-29-30-22(31(19)14-5-4-13(2)17(23)10-14)34-12-18-26-20(24)28-21(25)27-18/h4-10H,3,11-12H2,1-2H3,(H4,24,25,26,27,28). The third-order valence-electron chi connectivity index (χ3n) is 4.66. The molecule has 0 unspecified atom stereocenters. The first-order chi connectivity index (χ1) is 16.4.